The van der Waals surface area contributed by atoms with E-state index in [2.05, 4.69) is 21.4 Å². The molecule has 0 N–H and O–H groups in total. The zero-order chi connectivity index (χ0) is 19.0. The van der Waals surface area contributed by atoms with Crippen LogP contribution < -0.4 is 0 Å². The fourth-order valence-electron chi connectivity index (χ4n) is 3.00. The van der Waals surface area contributed by atoms with Crippen LogP contribution in [0.3, 0.4) is 0 Å². The van der Waals surface area contributed by atoms with Crippen molar-refractivity contribution in [1.29, 1.82) is 5.26 Å². The van der Waals surface area contributed by atoms with Crippen molar-refractivity contribution >= 4 is 16.8 Å². The number of carbonyl (C=O) groups is 1. The van der Waals surface area contributed by atoms with Crippen molar-refractivity contribution in [3.05, 3.63) is 71.8 Å². The number of hydrogen-bond donors (Lipinski definition) is 0. The highest BCUT2D eigenvalue weighted by Crippen LogP contribution is 2.23. The van der Waals surface area contributed by atoms with Gasteiger partial charge >= 0.3 is 0 Å². The number of fused-ring (bicyclic) bond motifs is 1. The monoisotopic (exact) mass is 356 g/mol. The molecule has 2 aromatic heterocycles. The van der Waals surface area contributed by atoms with Crippen molar-refractivity contribution in [3.63, 3.8) is 0 Å². The summed E-state index contributed by atoms with van der Waals surface area (Å²) in [6.45, 7) is 1.99. The average Bonchev–Trinajstić information content (AvgIpc) is 3.29. The number of ketones is 1. The second-order valence-electron chi connectivity index (χ2n) is 6.33. The average molecular weight is 356 g/mol. The first kappa shape index (κ1) is 16.7. The second-order valence-corrected chi connectivity index (χ2v) is 6.33. The van der Waals surface area contributed by atoms with E-state index in [0.29, 0.717) is 5.82 Å². The summed E-state index contributed by atoms with van der Waals surface area (Å²) < 4.78 is 3.29. The number of carbonyl (C=O) groups excluding carboxylic acids is 1. The molecule has 0 amide bonds. The molecule has 2 heterocycles. The van der Waals surface area contributed by atoms with Crippen molar-refractivity contribution in [3.8, 4) is 11.8 Å². The molecule has 0 aliphatic carbocycles. The molecule has 2 aromatic carbocycles. The standard InChI is InChI=1S/C20H16N6O/c1-13-7-9-14(10-8-13)26-12-17(23-24-26)19(27)15(11-21)20-22-16-5-3-4-6-18(16)25(20)2/h3-10,12,15H,1-2H3. The van der Waals surface area contributed by atoms with Gasteiger partial charge in [0.15, 0.2) is 11.6 Å². The molecule has 4 rings (SSSR count). The number of aryl methyl sites for hydroxylation is 2. The van der Waals surface area contributed by atoms with Crippen molar-refractivity contribution in [2.75, 3.05) is 0 Å². The maximum absolute atomic E-state index is 12.9. The zero-order valence-electron chi connectivity index (χ0n) is 14.9. The van der Waals surface area contributed by atoms with Gasteiger partial charge in [-0.05, 0) is 31.2 Å². The van der Waals surface area contributed by atoms with Crippen molar-refractivity contribution in [2.24, 2.45) is 7.05 Å². The van der Waals surface area contributed by atoms with Crippen LogP contribution in [0.2, 0.25) is 0 Å². The van der Waals surface area contributed by atoms with Crippen molar-refractivity contribution < 1.29 is 4.79 Å². The second kappa shape index (κ2) is 6.50. The minimum Gasteiger partial charge on any atom is -0.330 e. The molecule has 0 bridgehead atoms. The smallest absolute Gasteiger partial charge is 0.209 e. The summed E-state index contributed by atoms with van der Waals surface area (Å²) in [5.41, 5.74) is 3.66. The SMILES string of the molecule is Cc1ccc(-n2cc(C(=O)C(C#N)c3nc4ccccc4n3C)nn2)cc1. The summed E-state index contributed by atoms with van der Waals surface area (Å²) in [5.74, 6) is -1.08. The molecular weight excluding hydrogens is 340 g/mol. The Bertz CT molecular complexity index is 1180. The fourth-order valence-corrected chi connectivity index (χ4v) is 3.00. The number of nitrogens with zero attached hydrogens (tertiary/aromatic N) is 6. The van der Waals surface area contributed by atoms with Crippen LogP contribution in [0.25, 0.3) is 16.7 Å². The molecule has 1 unspecified atom stereocenters. The van der Waals surface area contributed by atoms with Crippen LogP contribution in [0.15, 0.2) is 54.7 Å². The lowest BCUT2D eigenvalue weighted by atomic mass is 10.0. The molecule has 0 radical (unpaired) electrons. The molecule has 4 aromatic rings. The van der Waals surface area contributed by atoms with Crippen LogP contribution in [-0.4, -0.2) is 30.3 Å². The summed E-state index contributed by atoms with van der Waals surface area (Å²) in [6.07, 6.45) is 1.54. The highest BCUT2D eigenvalue weighted by atomic mass is 16.1. The molecule has 0 aliphatic heterocycles. The minimum atomic E-state index is -1.05. The number of para-hydroxylation sites is 2. The van der Waals surface area contributed by atoms with Gasteiger partial charge in [-0.15, -0.1) is 5.10 Å². The molecule has 0 saturated heterocycles. The molecule has 0 spiro atoms. The lowest BCUT2D eigenvalue weighted by Gasteiger charge is -2.06. The third-order valence-corrected chi connectivity index (χ3v) is 4.52. The molecule has 1 atom stereocenters. The molecule has 0 aliphatic rings. The number of rotatable bonds is 4. The van der Waals surface area contributed by atoms with Crippen LogP contribution in [-0.2, 0) is 7.05 Å². The first-order valence-electron chi connectivity index (χ1n) is 8.43. The van der Waals surface area contributed by atoms with E-state index in [0.717, 1.165) is 22.3 Å². The summed E-state index contributed by atoms with van der Waals surface area (Å²) in [5, 5.41) is 17.6. The number of imidazole rings is 1. The lowest BCUT2D eigenvalue weighted by molar-refractivity contribution is 0.0970. The number of Topliss-reactive ketones (excluding diaryl/α,β-unsaturated/α-hetero) is 1. The van der Waals surface area contributed by atoms with Crippen LogP contribution >= 0.6 is 0 Å². The quantitative estimate of drug-likeness (QED) is 0.525. The van der Waals surface area contributed by atoms with E-state index >= 15 is 0 Å². The van der Waals surface area contributed by atoms with Gasteiger partial charge in [-0.1, -0.05) is 35.0 Å². The van der Waals surface area contributed by atoms with Crippen LogP contribution in [0.5, 0.6) is 0 Å². The Labute approximate surface area is 155 Å². The van der Waals surface area contributed by atoms with E-state index in [1.807, 2.05) is 55.5 Å². The summed E-state index contributed by atoms with van der Waals surface area (Å²) >= 11 is 0. The fraction of sp³-hybridized carbons (Fsp3) is 0.150. The van der Waals surface area contributed by atoms with Gasteiger partial charge in [-0.3, -0.25) is 4.79 Å². The van der Waals surface area contributed by atoms with E-state index in [9.17, 15) is 10.1 Å². The van der Waals surface area contributed by atoms with Gasteiger partial charge in [-0.2, -0.15) is 5.26 Å². The van der Waals surface area contributed by atoms with Crippen LogP contribution in [0, 0.1) is 18.3 Å². The third kappa shape index (κ3) is 2.87. The Morgan fingerprint density at radius 1 is 1.15 bits per heavy atom. The van der Waals surface area contributed by atoms with Crippen LogP contribution in [0.1, 0.15) is 27.8 Å². The van der Waals surface area contributed by atoms with Gasteiger partial charge in [0.2, 0.25) is 5.78 Å². The Morgan fingerprint density at radius 2 is 1.89 bits per heavy atom. The van der Waals surface area contributed by atoms with E-state index in [-0.39, 0.29) is 5.69 Å². The predicted octanol–water partition coefficient (Wildman–Crippen LogP) is 2.95. The maximum Gasteiger partial charge on any atom is 0.209 e. The summed E-state index contributed by atoms with van der Waals surface area (Å²) in [6, 6.07) is 17.3. The van der Waals surface area contributed by atoms with Gasteiger partial charge in [0.05, 0.1) is 29.0 Å². The maximum atomic E-state index is 12.9. The lowest BCUT2D eigenvalue weighted by Crippen LogP contribution is -2.16. The van der Waals surface area contributed by atoms with E-state index in [4.69, 9.17) is 0 Å². The van der Waals surface area contributed by atoms with Gasteiger partial charge in [0, 0.05) is 7.05 Å². The topological polar surface area (TPSA) is 89.4 Å². The van der Waals surface area contributed by atoms with Crippen molar-refractivity contribution in [2.45, 2.75) is 12.8 Å². The summed E-state index contributed by atoms with van der Waals surface area (Å²) in [4.78, 5) is 17.4. The van der Waals surface area contributed by atoms with E-state index in [1.165, 1.54) is 4.68 Å². The highest BCUT2D eigenvalue weighted by molar-refractivity contribution is 6.01. The minimum absolute atomic E-state index is 0.134. The molecule has 27 heavy (non-hydrogen) atoms. The van der Waals surface area contributed by atoms with E-state index in [1.54, 1.807) is 17.8 Å². The molecule has 7 heteroatoms. The number of nitriles is 1. The summed E-state index contributed by atoms with van der Waals surface area (Å²) in [7, 11) is 1.80. The molecule has 0 saturated carbocycles. The Kier molecular flexibility index (Phi) is 4.01. The van der Waals surface area contributed by atoms with Gasteiger partial charge in [0.1, 0.15) is 5.82 Å². The third-order valence-electron chi connectivity index (χ3n) is 4.52. The zero-order valence-corrected chi connectivity index (χ0v) is 14.9. The molecule has 132 valence electrons. The number of hydrogen-bond acceptors (Lipinski definition) is 5. The van der Waals surface area contributed by atoms with E-state index < -0.39 is 11.7 Å². The van der Waals surface area contributed by atoms with Gasteiger partial charge in [0.25, 0.3) is 0 Å². The Hall–Kier alpha value is -3.79. The van der Waals surface area contributed by atoms with Crippen LogP contribution in [0.4, 0.5) is 0 Å². The Morgan fingerprint density at radius 3 is 2.59 bits per heavy atom. The highest BCUT2D eigenvalue weighted by Gasteiger charge is 2.29. The molecule has 0 fully saturated rings. The molecular formula is C20H16N6O. The van der Waals surface area contributed by atoms with Gasteiger partial charge in [-0.25, -0.2) is 9.67 Å². The van der Waals surface area contributed by atoms with Gasteiger partial charge < -0.3 is 4.57 Å². The number of benzene rings is 2. The number of aromatic nitrogens is 5. The normalized spacial score (nSPS) is 12.0. The predicted molar refractivity (Wildman–Crippen MR) is 99.5 cm³/mol. The van der Waals surface area contributed by atoms with Crippen molar-refractivity contribution in [1.82, 2.24) is 24.5 Å². The Balaban J connectivity index is 1.69. The first-order valence-corrected chi connectivity index (χ1v) is 8.43. The molecule has 7 nitrogen and oxygen atoms in total. The first-order chi connectivity index (χ1) is 13.1. The largest absolute Gasteiger partial charge is 0.330 e.